The number of hydrogen-bond acceptors (Lipinski definition) is 8. The van der Waals surface area contributed by atoms with E-state index in [9.17, 15) is 4.79 Å². The van der Waals surface area contributed by atoms with Gasteiger partial charge in [-0.15, -0.1) is 10.6 Å². The van der Waals surface area contributed by atoms with E-state index in [-0.39, 0.29) is 6.54 Å². The van der Waals surface area contributed by atoms with Gasteiger partial charge < -0.3 is 10.1 Å². The number of nitrogens with one attached hydrogen (secondary N) is 4. The molecule has 2 aromatic carbocycles. The molecule has 0 unspecified atom stereocenters. The van der Waals surface area contributed by atoms with Crippen LogP contribution in [0.1, 0.15) is 58.6 Å². The van der Waals surface area contributed by atoms with Gasteiger partial charge in [-0.25, -0.2) is 15.3 Å². The number of rotatable bonds is 10. The lowest BCUT2D eigenvalue weighted by Gasteiger charge is -2.20. The van der Waals surface area contributed by atoms with E-state index in [0.29, 0.717) is 12.4 Å². The fourth-order valence-corrected chi connectivity index (χ4v) is 3.28. The second-order valence-corrected chi connectivity index (χ2v) is 7.33. The van der Waals surface area contributed by atoms with E-state index >= 15 is 0 Å². The van der Waals surface area contributed by atoms with Crippen molar-refractivity contribution in [2.75, 3.05) is 20.2 Å². The second kappa shape index (κ2) is 18.4. The Bertz CT molecular complexity index is 1010. The fourth-order valence-electron chi connectivity index (χ4n) is 3.28. The molecule has 4 N–H and O–H groups in total. The number of hydrogen-bond donors (Lipinski definition) is 4. The summed E-state index contributed by atoms with van der Waals surface area (Å²) >= 11 is 0. The Morgan fingerprint density at radius 2 is 1.76 bits per heavy atom. The van der Waals surface area contributed by atoms with Crippen LogP contribution in [0.25, 0.3) is 11.1 Å². The van der Waals surface area contributed by atoms with E-state index in [0.717, 1.165) is 47.5 Å². The molecule has 1 aliphatic rings. The molecular formula is C27H42N8O2. The first-order chi connectivity index (χ1) is 18.1. The van der Waals surface area contributed by atoms with Crippen molar-refractivity contribution in [3.63, 3.8) is 0 Å². The van der Waals surface area contributed by atoms with Crippen molar-refractivity contribution in [3.8, 4) is 11.1 Å². The first kappa shape index (κ1) is 31.1. The largest absolute Gasteiger partial charge is 0.453 e. The maximum absolute atomic E-state index is 11.4. The van der Waals surface area contributed by atoms with Gasteiger partial charge in [0.25, 0.3) is 0 Å². The molecule has 0 radical (unpaired) electrons. The Morgan fingerprint density at radius 3 is 2.32 bits per heavy atom. The van der Waals surface area contributed by atoms with Crippen molar-refractivity contribution >= 4 is 24.5 Å². The Hall–Kier alpha value is -3.92. The SMILES string of the molecule is C=N/C(CNC(=O)OC)=N\N(CCCC)Cc1ccc(-c2ccccc2C2=NNNN2)cc1.CC.CC. The van der Waals surface area contributed by atoms with Crippen molar-refractivity contribution in [2.24, 2.45) is 15.2 Å². The summed E-state index contributed by atoms with van der Waals surface area (Å²) in [6.07, 6.45) is 1.49. The lowest BCUT2D eigenvalue weighted by Crippen LogP contribution is -2.35. The molecule has 0 atom stereocenters. The summed E-state index contributed by atoms with van der Waals surface area (Å²) in [5.41, 5.74) is 12.8. The highest BCUT2D eigenvalue weighted by Gasteiger charge is 2.14. The average Bonchev–Trinajstić information content (AvgIpc) is 3.51. The molecular weight excluding hydrogens is 468 g/mol. The molecule has 1 amide bonds. The van der Waals surface area contributed by atoms with Crippen molar-refractivity contribution in [2.45, 2.75) is 54.0 Å². The summed E-state index contributed by atoms with van der Waals surface area (Å²) < 4.78 is 4.60. The summed E-state index contributed by atoms with van der Waals surface area (Å²) in [4.78, 5) is 15.3. The number of amidine groups is 2. The Balaban J connectivity index is 0.00000163. The third-order valence-corrected chi connectivity index (χ3v) is 5.00. The molecule has 0 saturated heterocycles. The van der Waals surface area contributed by atoms with Crippen LogP contribution in [0.5, 0.6) is 0 Å². The predicted octanol–water partition coefficient (Wildman–Crippen LogP) is 4.65. The summed E-state index contributed by atoms with van der Waals surface area (Å²) in [5.74, 6) is 1.16. The van der Waals surface area contributed by atoms with E-state index < -0.39 is 6.09 Å². The molecule has 10 heteroatoms. The highest BCUT2D eigenvalue weighted by molar-refractivity contribution is 6.04. The molecule has 0 bridgehead atoms. The van der Waals surface area contributed by atoms with E-state index in [2.05, 4.69) is 85.7 Å². The van der Waals surface area contributed by atoms with Crippen LogP contribution < -0.4 is 21.8 Å². The van der Waals surface area contributed by atoms with Crippen molar-refractivity contribution in [1.82, 2.24) is 26.8 Å². The van der Waals surface area contributed by atoms with Crippen molar-refractivity contribution < 1.29 is 9.53 Å². The average molecular weight is 511 g/mol. The number of nitrogens with zero attached hydrogens (tertiary/aromatic N) is 4. The normalized spacial score (nSPS) is 11.8. The number of amides is 1. The predicted molar refractivity (Wildman–Crippen MR) is 153 cm³/mol. The molecule has 0 saturated carbocycles. The maximum atomic E-state index is 11.4. The second-order valence-electron chi connectivity index (χ2n) is 7.33. The van der Waals surface area contributed by atoms with Crippen LogP contribution in [-0.4, -0.2) is 49.7 Å². The first-order valence-corrected chi connectivity index (χ1v) is 12.8. The topological polar surface area (TPSA) is 115 Å². The third kappa shape index (κ3) is 10.3. The smallest absolute Gasteiger partial charge is 0.407 e. The zero-order valence-corrected chi connectivity index (χ0v) is 23.0. The monoisotopic (exact) mass is 510 g/mol. The summed E-state index contributed by atoms with van der Waals surface area (Å²) in [7, 11) is 1.31. The van der Waals surface area contributed by atoms with Crippen LogP contribution >= 0.6 is 0 Å². The number of hydrazone groups is 2. The van der Waals surface area contributed by atoms with Gasteiger partial charge in [0.05, 0.1) is 20.2 Å². The minimum Gasteiger partial charge on any atom is -0.453 e. The summed E-state index contributed by atoms with van der Waals surface area (Å²) in [6.45, 7) is 15.2. The molecule has 202 valence electrons. The van der Waals surface area contributed by atoms with Gasteiger partial charge in [-0.2, -0.15) is 5.10 Å². The molecule has 37 heavy (non-hydrogen) atoms. The molecule has 1 heterocycles. The molecule has 10 nitrogen and oxygen atoms in total. The molecule has 0 aromatic heterocycles. The zero-order chi connectivity index (χ0) is 27.5. The van der Waals surface area contributed by atoms with Crippen molar-refractivity contribution in [1.29, 1.82) is 0 Å². The molecule has 2 aromatic rings. The van der Waals surface area contributed by atoms with Gasteiger partial charge in [0.2, 0.25) is 0 Å². The number of alkyl carbamates (subject to hydrolysis) is 1. The van der Waals surface area contributed by atoms with Crippen LogP contribution in [0.4, 0.5) is 4.79 Å². The lowest BCUT2D eigenvalue weighted by molar-refractivity contribution is 0.172. The molecule has 1 aliphatic heterocycles. The number of hydrazine groups is 2. The van der Waals surface area contributed by atoms with Gasteiger partial charge in [-0.3, -0.25) is 10.4 Å². The van der Waals surface area contributed by atoms with Gasteiger partial charge >= 0.3 is 6.09 Å². The molecule has 0 fully saturated rings. The van der Waals surface area contributed by atoms with Crippen LogP contribution in [0, 0.1) is 0 Å². The lowest BCUT2D eigenvalue weighted by atomic mass is 9.98. The highest BCUT2D eigenvalue weighted by atomic mass is 16.5. The van der Waals surface area contributed by atoms with Crippen LogP contribution in [0.3, 0.4) is 0 Å². The molecule has 0 spiro atoms. The maximum Gasteiger partial charge on any atom is 0.407 e. The Kier molecular flexibility index (Phi) is 15.4. The fraction of sp³-hybridized carbons (Fsp3) is 0.407. The number of carbonyl (C=O) groups excluding carboxylic acids is 1. The quantitative estimate of drug-likeness (QED) is 0.210. The van der Waals surface area contributed by atoms with Crippen LogP contribution in [0.15, 0.2) is 63.7 Å². The first-order valence-electron chi connectivity index (χ1n) is 12.8. The molecule has 0 aliphatic carbocycles. The zero-order valence-electron chi connectivity index (χ0n) is 23.0. The minimum atomic E-state index is -0.535. The number of unbranched alkanes of at least 4 members (excludes halogenated alkanes) is 1. The minimum absolute atomic E-state index is 0.149. The number of ether oxygens (including phenoxy) is 1. The van der Waals surface area contributed by atoms with E-state index in [4.69, 9.17) is 0 Å². The third-order valence-electron chi connectivity index (χ3n) is 5.00. The van der Waals surface area contributed by atoms with Crippen LogP contribution in [0.2, 0.25) is 0 Å². The summed E-state index contributed by atoms with van der Waals surface area (Å²) in [5, 5.41) is 13.3. The van der Waals surface area contributed by atoms with E-state index in [1.807, 2.05) is 50.9 Å². The highest BCUT2D eigenvalue weighted by Crippen LogP contribution is 2.25. The Labute approximate surface area is 221 Å². The van der Waals surface area contributed by atoms with E-state index in [1.165, 1.54) is 7.11 Å². The molecule has 3 rings (SSSR count). The van der Waals surface area contributed by atoms with Gasteiger partial charge in [0, 0.05) is 12.1 Å². The standard InChI is InChI=1S/C23H30N8O2.2C2H6/c1-4-5-14-31(28-21(24-2)15-25-23(32)33-3)16-17-10-12-18(13-11-17)19-8-6-7-9-20(19)22-26-29-30-27-22;2*1-2/h6-13,29-30H,2,4-5,14-16H2,1,3H3,(H,25,32)(H,26,27);2*1-2H3/b28-21-;;. The van der Waals surface area contributed by atoms with Gasteiger partial charge in [0.15, 0.2) is 11.7 Å². The number of carbonyl (C=O) groups is 1. The number of benzene rings is 2. The number of aliphatic imine (C=N–C) groups is 1. The van der Waals surface area contributed by atoms with Gasteiger partial charge in [0.1, 0.15) is 0 Å². The Morgan fingerprint density at radius 1 is 1.08 bits per heavy atom. The summed E-state index contributed by atoms with van der Waals surface area (Å²) in [6, 6.07) is 16.5. The van der Waals surface area contributed by atoms with Gasteiger partial charge in [-0.1, -0.05) is 89.6 Å². The number of methoxy groups -OCH3 is 1. The van der Waals surface area contributed by atoms with Crippen LogP contribution in [-0.2, 0) is 11.3 Å². The van der Waals surface area contributed by atoms with E-state index in [1.54, 1.807) is 0 Å². The van der Waals surface area contributed by atoms with Gasteiger partial charge in [-0.05, 0) is 29.8 Å². The van der Waals surface area contributed by atoms with Crippen molar-refractivity contribution in [3.05, 3.63) is 59.7 Å².